The van der Waals surface area contributed by atoms with Gasteiger partial charge in [-0.3, -0.25) is 9.59 Å². The van der Waals surface area contributed by atoms with Gasteiger partial charge in [-0.2, -0.15) is 13.2 Å². The Morgan fingerprint density at radius 1 is 1.17 bits per heavy atom. The third kappa shape index (κ3) is 5.01. The molecule has 3 aromatic rings. The number of halogens is 3. The van der Waals surface area contributed by atoms with E-state index in [9.17, 15) is 22.8 Å². The predicted octanol–water partition coefficient (Wildman–Crippen LogP) is 3.17. The van der Waals surface area contributed by atoms with Crippen molar-refractivity contribution in [3.05, 3.63) is 51.0 Å². The minimum absolute atomic E-state index is 0.0197. The molecule has 1 aliphatic heterocycles. The van der Waals surface area contributed by atoms with Gasteiger partial charge < -0.3 is 19.9 Å². The highest BCUT2D eigenvalue weighted by molar-refractivity contribution is 5.93. The van der Waals surface area contributed by atoms with E-state index in [1.807, 2.05) is 13.8 Å². The van der Waals surface area contributed by atoms with Gasteiger partial charge in [-0.1, -0.05) is 0 Å². The number of nitrogens with zero attached hydrogens (tertiary/aromatic N) is 5. The van der Waals surface area contributed by atoms with Gasteiger partial charge in [-0.15, -0.1) is 0 Å². The molecule has 0 radical (unpaired) electrons. The molecule has 0 spiro atoms. The number of fused-ring (bicyclic) bond motifs is 1. The van der Waals surface area contributed by atoms with E-state index in [4.69, 9.17) is 4.74 Å². The monoisotopic (exact) mass is 505 g/mol. The molecular weight excluding hydrogens is 479 g/mol. The van der Waals surface area contributed by atoms with Crippen molar-refractivity contribution >= 4 is 22.9 Å². The minimum Gasteiger partial charge on any atom is -0.372 e. The number of morpholine rings is 1. The lowest BCUT2D eigenvalue weighted by Gasteiger charge is -2.35. The first kappa shape index (κ1) is 25.5. The first-order chi connectivity index (χ1) is 16.8. The van der Waals surface area contributed by atoms with Gasteiger partial charge in [-0.25, -0.2) is 19.9 Å². The van der Waals surface area contributed by atoms with Gasteiger partial charge in [-0.05, 0) is 40.2 Å². The standard InChI is InChI=1S/C23H26F3N7O3/c1-10-8-33(9-11(2)36-10)21(35)15-6-27-22(28-7-15)29-13(4)16-12(3)17-19(30-14(5)31-20(17)34)32-18(16)23(24,25)26/h6-7,10-11,13H,8-9H2,1-5H3,(H,27,28,29)(H,30,31,32,34). The van der Waals surface area contributed by atoms with Gasteiger partial charge in [0.15, 0.2) is 11.3 Å². The van der Waals surface area contributed by atoms with E-state index in [0.717, 1.165) is 0 Å². The molecule has 3 unspecified atom stereocenters. The number of amides is 1. The number of alkyl halides is 3. The average Bonchev–Trinajstić information content (AvgIpc) is 2.77. The summed E-state index contributed by atoms with van der Waals surface area (Å²) in [7, 11) is 0. The molecule has 4 heterocycles. The summed E-state index contributed by atoms with van der Waals surface area (Å²) in [5.74, 6) is -0.0747. The van der Waals surface area contributed by atoms with Crippen LogP contribution in [0.15, 0.2) is 17.2 Å². The van der Waals surface area contributed by atoms with Crippen LogP contribution in [0.5, 0.6) is 0 Å². The first-order valence-corrected chi connectivity index (χ1v) is 11.4. The smallest absolute Gasteiger partial charge is 0.372 e. The predicted molar refractivity (Wildman–Crippen MR) is 125 cm³/mol. The number of rotatable bonds is 4. The fourth-order valence-corrected chi connectivity index (χ4v) is 4.52. The Morgan fingerprint density at radius 3 is 2.36 bits per heavy atom. The summed E-state index contributed by atoms with van der Waals surface area (Å²) in [6.45, 7) is 9.00. The number of hydrogen-bond acceptors (Lipinski definition) is 8. The first-order valence-electron chi connectivity index (χ1n) is 11.4. The summed E-state index contributed by atoms with van der Waals surface area (Å²) in [6, 6.07) is -0.971. The summed E-state index contributed by atoms with van der Waals surface area (Å²) in [4.78, 5) is 45.4. The molecule has 36 heavy (non-hydrogen) atoms. The minimum atomic E-state index is -4.79. The van der Waals surface area contributed by atoms with Crippen molar-refractivity contribution in [1.29, 1.82) is 0 Å². The van der Waals surface area contributed by atoms with E-state index < -0.39 is 23.5 Å². The molecule has 1 saturated heterocycles. The molecule has 192 valence electrons. The lowest BCUT2D eigenvalue weighted by Crippen LogP contribution is -2.48. The largest absolute Gasteiger partial charge is 0.433 e. The number of aromatic amines is 1. The molecule has 4 rings (SSSR count). The molecule has 1 amide bonds. The number of hydrogen-bond donors (Lipinski definition) is 2. The van der Waals surface area contributed by atoms with Gasteiger partial charge in [0.2, 0.25) is 5.95 Å². The van der Waals surface area contributed by atoms with Crippen LogP contribution in [0.4, 0.5) is 19.1 Å². The molecule has 10 nitrogen and oxygen atoms in total. The second kappa shape index (κ2) is 9.45. The van der Waals surface area contributed by atoms with Crippen LogP contribution in [0.2, 0.25) is 0 Å². The lowest BCUT2D eigenvalue weighted by molar-refractivity contribution is -0.141. The van der Waals surface area contributed by atoms with Crippen LogP contribution in [-0.4, -0.2) is 61.0 Å². The maximum atomic E-state index is 13.9. The van der Waals surface area contributed by atoms with E-state index in [1.165, 1.54) is 33.2 Å². The number of nitrogens with one attached hydrogen (secondary N) is 2. The van der Waals surface area contributed by atoms with Crippen LogP contribution < -0.4 is 10.9 Å². The molecule has 3 aromatic heterocycles. The SMILES string of the molecule is Cc1nc2nc(C(F)(F)F)c(C(C)Nc3ncc(C(=O)N4CC(C)OC(C)C4)cn3)c(C)c2c(=O)[nH]1. The summed E-state index contributed by atoms with van der Waals surface area (Å²) in [5.41, 5.74) is -1.86. The van der Waals surface area contributed by atoms with Crippen LogP contribution in [0.1, 0.15) is 59.8 Å². The van der Waals surface area contributed by atoms with Crippen molar-refractivity contribution in [2.24, 2.45) is 0 Å². The second-order valence-corrected chi connectivity index (χ2v) is 8.98. The third-order valence-electron chi connectivity index (χ3n) is 5.92. The Kier molecular flexibility index (Phi) is 6.69. The summed E-state index contributed by atoms with van der Waals surface area (Å²) in [5, 5.41) is 2.81. The van der Waals surface area contributed by atoms with Crippen molar-refractivity contribution in [2.45, 2.75) is 59.0 Å². The number of pyridine rings is 1. The summed E-state index contributed by atoms with van der Waals surface area (Å²) < 4.78 is 47.5. The molecule has 13 heteroatoms. The van der Waals surface area contributed by atoms with Gasteiger partial charge in [0.25, 0.3) is 11.5 Å². The maximum Gasteiger partial charge on any atom is 0.433 e. The van der Waals surface area contributed by atoms with Crippen LogP contribution in [0, 0.1) is 13.8 Å². The van der Waals surface area contributed by atoms with E-state index in [2.05, 4.69) is 30.2 Å². The molecule has 1 aliphatic rings. The molecule has 2 N–H and O–H groups in total. The maximum absolute atomic E-state index is 13.9. The van der Waals surface area contributed by atoms with Crippen molar-refractivity contribution in [3.8, 4) is 0 Å². The number of ether oxygens (including phenoxy) is 1. The van der Waals surface area contributed by atoms with Gasteiger partial charge in [0.1, 0.15) is 5.82 Å². The normalized spacial score (nSPS) is 19.4. The lowest BCUT2D eigenvalue weighted by atomic mass is 9.97. The quantitative estimate of drug-likeness (QED) is 0.554. The highest BCUT2D eigenvalue weighted by atomic mass is 19.4. The van der Waals surface area contributed by atoms with Gasteiger partial charge in [0.05, 0.1) is 29.2 Å². The highest BCUT2D eigenvalue weighted by Gasteiger charge is 2.39. The van der Waals surface area contributed by atoms with Crippen LogP contribution in [0.25, 0.3) is 11.0 Å². The zero-order valence-electron chi connectivity index (χ0n) is 20.4. The molecule has 0 saturated carbocycles. The topological polar surface area (TPSA) is 126 Å². The summed E-state index contributed by atoms with van der Waals surface area (Å²) in [6.07, 6.45) is -2.35. The number of aromatic nitrogens is 5. The Balaban J connectivity index is 1.63. The fraction of sp³-hybridized carbons (Fsp3) is 0.478. The number of aryl methyl sites for hydroxylation is 2. The Hall–Kier alpha value is -3.61. The zero-order valence-corrected chi connectivity index (χ0v) is 20.4. The van der Waals surface area contributed by atoms with Crippen molar-refractivity contribution in [1.82, 2.24) is 29.8 Å². The van der Waals surface area contributed by atoms with Crippen molar-refractivity contribution < 1.29 is 22.7 Å². The Labute approximate surface area is 204 Å². The van der Waals surface area contributed by atoms with E-state index in [0.29, 0.717) is 13.1 Å². The van der Waals surface area contributed by atoms with Gasteiger partial charge >= 0.3 is 6.18 Å². The molecule has 3 atom stereocenters. The zero-order chi connectivity index (χ0) is 26.4. The van der Waals surface area contributed by atoms with Crippen LogP contribution in [-0.2, 0) is 10.9 Å². The molecular formula is C23H26F3N7O3. The molecule has 1 fully saturated rings. The highest BCUT2D eigenvalue weighted by Crippen LogP contribution is 2.37. The summed E-state index contributed by atoms with van der Waals surface area (Å²) >= 11 is 0. The molecule has 0 aliphatic carbocycles. The second-order valence-electron chi connectivity index (χ2n) is 8.98. The Morgan fingerprint density at radius 2 is 1.78 bits per heavy atom. The molecule has 0 aromatic carbocycles. The number of carbonyl (C=O) groups is 1. The number of anilines is 1. The van der Waals surface area contributed by atoms with Crippen LogP contribution >= 0.6 is 0 Å². The number of carbonyl (C=O) groups excluding carboxylic acids is 1. The van der Waals surface area contributed by atoms with Gasteiger partial charge in [0, 0.05) is 31.0 Å². The van der Waals surface area contributed by atoms with E-state index in [-0.39, 0.29) is 57.6 Å². The third-order valence-corrected chi connectivity index (χ3v) is 5.92. The molecule has 0 bridgehead atoms. The van der Waals surface area contributed by atoms with E-state index >= 15 is 0 Å². The average molecular weight is 506 g/mol. The van der Waals surface area contributed by atoms with Crippen LogP contribution in [0.3, 0.4) is 0 Å². The van der Waals surface area contributed by atoms with Crippen molar-refractivity contribution in [2.75, 3.05) is 18.4 Å². The number of H-pyrrole nitrogens is 1. The van der Waals surface area contributed by atoms with Crippen molar-refractivity contribution in [3.63, 3.8) is 0 Å². The fourth-order valence-electron chi connectivity index (χ4n) is 4.52. The Bertz CT molecular complexity index is 1350. The van der Waals surface area contributed by atoms with E-state index in [1.54, 1.807) is 4.90 Å².